The van der Waals surface area contributed by atoms with Crippen LogP contribution in [0, 0.1) is 0 Å². The van der Waals surface area contributed by atoms with Gasteiger partial charge in [0.2, 0.25) is 23.6 Å². The molecule has 0 aliphatic heterocycles. The number of thioether (sulfide) groups is 1. The van der Waals surface area contributed by atoms with Gasteiger partial charge >= 0.3 is 5.97 Å². The Balaban J connectivity index is 1.58. The zero-order chi connectivity index (χ0) is 41.1. The number of nitrogens with zero attached hydrogens (tertiary/aromatic N) is 2. The second-order valence-corrected chi connectivity index (χ2v) is 15.8. The van der Waals surface area contributed by atoms with E-state index in [1.165, 1.54) is 13.8 Å². The van der Waals surface area contributed by atoms with Crippen LogP contribution >= 0.6 is 11.8 Å². The highest BCUT2D eigenvalue weighted by atomic mass is 32.2. The number of aliphatic hydroxyl groups is 2. The number of azo groups is 1. The third-order valence-corrected chi connectivity index (χ3v) is 10.3. The molecule has 0 radical (unpaired) electrons. The molecule has 19 heteroatoms. The fourth-order valence-electron chi connectivity index (χ4n) is 4.82. The summed E-state index contributed by atoms with van der Waals surface area (Å²) >= 11 is 1.03. The Kier molecular flexibility index (Phi) is 18.6. The van der Waals surface area contributed by atoms with Crippen molar-refractivity contribution in [1.82, 2.24) is 21.3 Å². The van der Waals surface area contributed by atoms with E-state index >= 15 is 0 Å². The van der Waals surface area contributed by atoms with Crippen LogP contribution in [0.25, 0.3) is 0 Å². The van der Waals surface area contributed by atoms with Crippen molar-refractivity contribution in [3.05, 3.63) is 96.1 Å². The van der Waals surface area contributed by atoms with Gasteiger partial charge in [0.1, 0.15) is 24.7 Å². The van der Waals surface area contributed by atoms with Crippen molar-refractivity contribution in [3.63, 3.8) is 0 Å². The van der Waals surface area contributed by atoms with Crippen LogP contribution in [0.3, 0.4) is 0 Å². The lowest BCUT2D eigenvalue weighted by molar-refractivity contribution is -0.147. The van der Waals surface area contributed by atoms with Crippen LogP contribution in [-0.2, 0) is 50.7 Å². The van der Waals surface area contributed by atoms with Gasteiger partial charge in [-0.2, -0.15) is 10.2 Å². The quantitative estimate of drug-likeness (QED) is 0.0321. The highest BCUT2D eigenvalue weighted by Gasteiger charge is 2.33. The van der Waals surface area contributed by atoms with E-state index in [0.717, 1.165) is 17.3 Å². The van der Waals surface area contributed by atoms with Crippen LogP contribution in [0.15, 0.2) is 95.2 Å². The molecule has 3 rings (SSSR count). The van der Waals surface area contributed by atoms with Gasteiger partial charge in [0, 0.05) is 12.7 Å². The lowest BCUT2D eigenvalue weighted by Gasteiger charge is -2.26. The minimum Gasteiger partial charge on any atom is -0.463 e. The first-order valence-electron chi connectivity index (χ1n) is 17.4. The number of sulfone groups is 1. The third kappa shape index (κ3) is 16.3. The smallest absolute Gasteiger partial charge is 0.329 e. The van der Waals surface area contributed by atoms with Crippen molar-refractivity contribution in [2.24, 2.45) is 16.0 Å². The zero-order valence-electron chi connectivity index (χ0n) is 30.9. The number of ether oxygens (including phenoxy) is 1. The van der Waals surface area contributed by atoms with Crippen LogP contribution in [0.1, 0.15) is 25.0 Å². The number of nitrogens with one attached hydrogen (secondary N) is 4. The maximum atomic E-state index is 13.2. The van der Waals surface area contributed by atoms with Crippen molar-refractivity contribution in [2.45, 2.75) is 56.3 Å². The van der Waals surface area contributed by atoms with Gasteiger partial charge in [0.05, 0.1) is 47.5 Å². The maximum absolute atomic E-state index is 13.2. The predicted molar refractivity (Wildman–Crippen MR) is 209 cm³/mol. The van der Waals surface area contributed by atoms with Gasteiger partial charge in [0.15, 0.2) is 9.84 Å². The molecule has 17 nitrogen and oxygen atoms in total. The first-order valence-corrected chi connectivity index (χ1v) is 20.4. The SMILES string of the molecule is CC(=O)NCSC[C@H](NC(=O)[C@H](CO)NC(=O)[C@@H](NC(=O)[C@@H](N)Cc1ccccc1)[C@@H](C)O)C(=O)OCCS(=O)(=O)Cc1ccc(N=Nc2ccccc2)cc1. The van der Waals surface area contributed by atoms with Gasteiger partial charge in [-0.3, -0.25) is 19.2 Å². The van der Waals surface area contributed by atoms with Crippen molar-refractivity contribution < 1.29 is 47.3 Å². The Morgan fingerprint density at radius 2 is 1.39 bits per heavy atom. The number of carbonyl (C=O) groups is 5. The predicted octanol–water partition coefficient (Wildman–Crippen LogP) is 0.784. The Labute approximate surface area is 329 Å². The summed E-state index contributed by atoms with van der Waals surface area (Å²) in [6.45, 7) is 1.03. The van der Waals surface area contributed by atoms with Crippen molar-refractivity contribution >= 4 is 62.6 Å². The second kappa shape index (κ2) is 23.0. The number of hydrogen-bond acceptors (Lipinski definition) is 14. The highest BCUT2D eigenvalue weighted by molar-refractivity contribution is 7.99. The summed E-state index contributed by atoms with van der Waals surface area (Å²) in [7, 11) is -3.76. The molecule has 4 amide bonds. The Morgan fingerprint density at radius 3 is 1.98 bits per heavy atom. The summed E-state index contributed by atoms with van der Waals surface area (Å²) < 4.78 is 30.9. The number of hydrogen-bond donors (Lipinski definition) is 7. The summed E-state index contributed by atoms with van der Waals surface area (Å²) in [5.74, 6) is -5.14. The first kappa shape index (κ1) is 45.2. The average Bonchev–Trinajstić information content (AvgIpc) is 3.16. The maximum Gasteiger partial charge on any atom is 0.329 e. The molecule has 0 saturated heterocycles. The van der Waals surface area contributed by atoms with Crippen molar-refractivity contribution in [1.29, 1.82) is 0 Å². The van der Waals surface area contributed by atoms with E-state index in [1.807, 2.05) is 18.2 Å². The fraction of sp³-hybridized carbons (Fsp3) is 0.378. The normalized spacial score (nSPS) is 14.1. The lowest BCUT2D eigenvalue weighted by Crippen LogP contribution is -2.60. The van der Waals surface area contributed by atoms with Gasteiger partial charge in [-0.25, -0.2) is 13.2 Å². The Hall–Kier alpha value is -5.21. The van der Waals surface area contributed by atoms with Crippen molar-refractivity contribution in [2.75, 3.05) is 30.6 Å². The summed E-state index contributed by atoms with van der Waals surface area (Å²) in [5, 5.41) is 38.0. The molecule has 56 heavy (non-hydrogen) atoms. The van der Waals surface area contributed by atoms with E-state index < -0.39 is 82.8 Å². The zero-order valence-corrected chi connectivity index (χ0v) is 32.5. The largest absolute Gasteiger partial charge is 0.463 e. The molecule has 0 fully saturated rings. The minimum atomic E-state index is -3.76. The number of nitrogens with two attached hydrogens (primary N) is 1. The fourth-order valence-corrected chi connectivity index (χ4v) is 6.88. The van der Waals surface area contributed by atoms with Crippen molar-refractivity contribution in [3.8, 4) is 0 Å². The van der Waals surface area contributed by atoms with Gasteiger partial charge in [-0.1, -0.05) is 60.7 Å². The Morgan fingerprint density at radius 1 is 0.804 bits per heavy atom. The molecule has 8 N–H and O–H groups in total. The highest BCUT2D eigenvalue weighted by Crippen LogP contribution is 2.19. The number of esters is 1. The molecule has 0 aromatic heterocycles. The van der Waals surface area contributed by atoms with Gasteiger partial charge in [0.25, 0.3) is 0 Å². The monoisotopic (exact) mass is 813 g/mol. The summed E-state index contributed by atoms with van der Waals surface area (Å²) in [6.07, 6.45) is -1.30. The van der Waals surface area contributed by atoms with Gasteiger partial charge in [-0.05, 0) is 48.7 Å². The van der Waals surface area contributed by atoms with E-state index in [9.17, 15) is 42.6 Å². The van der Waals surface area contributed by atoms with Gasteiger partial charge in [-0.15, -0.1) is 11.8 Å². The standard InChI is InChI=1S/C37H47N7O10S2/c1-24(46)33(42-34(48)30(38)19-26-9-5-3-6-10-26)36(50)40-31(20-45)35(49)41-32(21-55-23-39-25(2)47)37(51)54-17-18-56(52,53)22-27-13-15-29(16-14-27)44-43-28-11-7-4-8-12-28/h3-16,24,30-33,45-46H,17-23,38H2,1-2H3,(H,39,47)(H,40,50)(H,41,49)(H,42,48)/t24-,30+,31+,32+,33+/m1/s1. The van der Waals surface area contributed by atoms with Crippen LogP contribution in [0.5, 0.6) is 0 Å². The molecule has 0 unspecified atom stereocenters. The topological polar surface area (TPSA) is 268 Å². The Bertz CT molecular complexity index is 1880. The molecule has 0 bridgehead atoms. The van der Waals surface area contributed by atoms with E-state index in [-0.39, 0.29) is 29.7 Å². The van der Waals surface area contributed by atoms with E-state index in [4.69, 9.17) is 10.5 Å². The van der Waals surface area contributed by atoms with Crippen LogP contribution in [0.2, 0.25) is 0 Å². The molecule has 0 heterocycles. The molecule has 0 aliphatic rings. The van der Waals surface area contributed by atoms with Gasteiger partial charge < -0.3 is 42.0 Å². The molecule has 0 saturated carbocycles. The number of aliphatic hydroxyl groups excluding tert-OH is 2. The molecule has 3 aromatic carbocycles. The molecule has 5 atom stereocenters. The third-order valence-electron chi connectivity index (χ3n) is 7.82. The van der Waals surface area contributed by atoms with E-state index in [1.54, 1.807) is 66.7 Å². The van der Waals surface area contributed by atoms with Crippen LogP contribution < -0.4 is 27.0 Å². The summed E-state index contributed by atoms with van der Waals surface area (Å²) in [4.78, 5) is 63.5. The minimum absolute atomic E-state index is 0.0537. The van der Waals surface area contributed by atoms with Crippen LogP contribution in [0.4, 0.5) is 11.4 Å². The first-order chi connectivity index (χ1) is 26.7. The number of benzene rings is 3. The van der Waals surface area contributed by atoms with E-state index in [0.29, 0.717) is 16.9 Å². The molecule has 0 spiro atoms. The summed E-state index contributed by atoms with van der Waals surface area (Å²) in [6, 6.07) is 18.7. The second-order valence-electron chi connectivity index (χ2n) is 12.5. The molecular weight excluding hydrogens is 767 g/mol. The molecule has 302 valence electrons. The molecule has 3 aromatic rings. The van der Waals surface area contributed by atoms with Crippen LogP contribution in [-0.4, -0.2) is 109 Å². The number of rotatable bonds is 22. The summed E-state index contributed by atoms with van der Waals surface area (Å²) in [5.41, 5.74) is 8.42. The molecular formula is C37H47N7O10S2. The van der Waals surface area contributed by atoms with E-state index in [2.05, 4.69) is 31.5 Å². The number of amides is 4. The molecule has 0 aliphatic carbocycles. The number of carbonyl (C=O) groups excluding carboxylic acids is 5. The lowest BCUT2D eigenvalue weighted by atomic mass is 10.0. The average molecular weight is 814 g/mol.